The number of thioether (sulfide) groups is 1. The molecule has 0 aliphatic carbocycles. The lowest BCUT2D eigenvalue weighted by Gasteiger charge is -2.20. The fraction of sp³-hybridized carbons (Fsp3) is 0.500. The first-order valence-electron chi connectivity index (χ1n) is 4.39. The van der Waals surface area contributed by atoms with Gasteiger partial charge in [0.05, 0.1) is 10.0 Å². The molecule has 1 heterocycles. The molecule has 4 heteroatoms. The third-order valence-electron chi connectivity index (χ3n) is 1.74. The van der Waals surface area contributed by atoms with Gasteiger partial charge in [0.1, 0.15) is 0 Å². The SMILES string of the molecule is CC(C)(CS)CSc1ccc(Cl)cn1. The van der Waals surface area contributed by atoms with Crippen LogP contribution in [0.15, 0.2) is 23.4 Å². The van der Waals surface area contributed by atoms with Gasteiger partial charge in [-0.3, -0.25) is 0 Å². The van der Waals surface area contributed by atoms with Gasteiger partial charge in [0, 0.05) is 11.9 Å². The maximum Gasteiger partial charge on any atom is 0.0961 e. The van der Waals surface area contributed by atoms with Crippen LogP contribution in [0.3, 0.4) is 0 Å². The largest absolute Gasteiger partial charge is 0.248 e. The van der Waals surface area contributed by atoms with Crippen LogP contribution in [0.25, 0.3) is 0 Å². The highest BCUT2D eigenvalue weighted by Gasteiger charge is 2.15. The molecule has 0 amide bonds. The van der Waals surface area contributed by atoms with E-state index in [4.69, 9.17) is 11.6 Å². The Morgan fingerprint density at radius 3 is 2.71 bits per heavy atom. The fourth-order valence-electron chi connectivity index (χ4n) is 0.763. The minimum atomic E-state index is 0.245. The zero-order valence-corrected chi connectivity index (χ0v) is 10.8. The monoisotopic (exact) mass is 247 g/mol. The van der Waals surface area contributed by atoms with Crippen LogP contribution >= 0.6 is 36.0 Å². The van der Waals surface area contributed by atoms with E-state index in [0.29, 0.717) is 5.02 Å². The summed E-state index contributed by atoms with van der Waals surface area (Å²) in [6, 6.07) is 3.81. The summed E-state index contributed by atoms with van der Waals surface area (Å²) in [5.74, 6) is 1.90. The quantitative estimate of drug-likeness (QED) is 0.642. The molecule has 0 unspecified atom stereocenters. The Kier molecular flexibility index (Phi) is 4.61. The van der Waals surface area contributed by atoms with Crippen molar-refractivity contribution in [2.24, 2.45) is 5.41 Å². The molecule has 0 bridgehead atoms. The van der Waals surface area contributed by atoms with E-state index in [1.807, 2.05) is 12.1 Å². The number of hydrogen-bond acceptors (Lipinski definition) is 3. The van der Waals surface area contributed by atoms with Crippen molar-refractivity contribution < 1.29 is 0 Å². The van der Waals surface area contributed by atoms with Gasteiger partial charge in [-0.2, -0.15) is 12.6 Å². The van der Waals surface area contributed by atoms with E-state index in [-0.39, 0.29) is 5.41 Å². The molecule has 1 nitrogen and oxygen atoms in total. The van der Waals surface area contributed by atoms with Crippen molar-refractivity contribution in [3.05, 3.63) is 23.4 Å². The summed E-state index contributed by atoms with van der Waals surface area (Å²) in [7, 11) is 0. The summed E-state index contributed by atoms with van der Waals surface area (Å²) < 4.78 is 0. The van der Waals surface area contributed by atoms with Gasteiger partial charge in [0.25, 0.3) is 0 Å². The lowest BCUT2D eigenvalue weighted by molar-refractivity contribution is 0.493. The van der Waals surface area contributed by atoms with E-state index in [1.54, 1.807) is 18.0 Å². The Labute approximate surface area is 100 Å². The van der Waals surface area contributed by atoms with Gasteiger partial charge in [0.15, 0.2) is 0 Å². The first-order chi connectivity index (χ1) is 6.53. The molecule has 14 heavy (non-hydrogen) atoms. The molecule has 0 saturated carbocycles. The van der Waals surface area contributed by atoms with Crippen LogP contribution in [0, 0.1) is 5.41 Å². The molecule has 0 N–H and O–H groups in total. The lowest BCUT2D eigenvalue weighted by Crippen LogP contribution is -2.16. The van der Waals surface area contributed by atoms with E-state index < -0.39 is 0 Å². The summed E-state index contributed by atoms with van der Waals surface area (Å²) >= 11 is 11.8. The van der Waals surface area contributed by atoms with Gasteiger partial charge in [0.2, 0.25) is 0 Å². The Balaban J connectivity index is 2.50. The van der Waals surface area contributed by atoms with Crippen LogP contribution in [0.2, 0.25) is 5.02 Å². The molecule has 0 fully saturated rings. The topological polar surface area (TPSA) is 12.9 Å². The number of aromatic nitrogens is 1. The Bertz CT molecular complexity index is 285. The Hall–Kier alpha value is 0.140. The van der Waals surface area contributed by atoms with Crippen molar-refractivity contribution >= 4 is 36.0 Å². The summed E-state index contributed by atoms with van der Waals surface area (Å²) in [5, 5.41) is 1.70. The van der Waals surface area contributed by atoms with Crippen LogP contribution in [-0.4, -0.2) is 16.5 Å². The summed E-state index contributed by atoms with van der Waals surface area (Å²) in [4.78, 5) is 4.22. The van der Waals surface area contributed by atoms with Crippen molar-refractivity contribution in [2.45, 2.75) is 18.9 Å². The second-order valence-corrected chi connectivity index (χ2v) is 5.67. The smallest absolute Gasteiger partial charge is 0.0961 e. The highest BCUT2D eigenvalue weighted by molar-refractivity contribution is 7.99. The number of thiol groups is 1. The predicted molar refractivity (Wildman–Crippen MR) is 67.6 cm³/mol. The normalized spacial score (nSPS) is 11.7. The van der Waals surface area contributed by atoms with E-state index in [9.17, 15) is 0 Å². The van der Waals surface area contributed by atoms with Crippen LogP contribution in [0.4, 0.5) is 0 Å². The molecule has 78 valence electrons. The Morgan fingerprint density at radius 2 is 2.21 bits per heavy atom. The van der Waals surface area contributed by atoms with Gasteiger partial charge >= 0.3 is 0 Å². The van der Waals surface area contributed by atoms with Gasteiger partial charge < -0.3 is 0 Å². The minimum Gasteiger partial charge on any atom is -0.248 e. The second-order valence-electron chi connectivity index (χ2n) is 3.93. The molecule has 1 rings (SSSR count). The van der Waals surface area contributed by atoms with Crippen LogP contribution < -0.4 is 0 Å². The molecule has 0 aromatic carbocycles. The van der Waals surface area contributed by atoms with E-state index in [0.717, 1.165) is 16.5 Å². The van der Waals surface area contributed by atoms with Crippen molar-refractivity contribution in [1.82, 2.24) is 4.98 Å². The number of rotatable bonds is 4. The van der Waals surface area contributed by atoms with Crippen LogP contribution in [-0.2, 0) is 0 Å². The second kappa shape index (κ2) is 5.29. The van der Waals surface area contributed by atoms with Crippen molar-refractivity contribution in [2.75, 3.05) is 11.5 Å². The number of nitrogens with zero attached hydrogens (tertiary/aromatic N) is 1. The van der Waals surface area contributed by atoms with E-state index in [1.165, 1.54) is 0 Å². The van der Waals surface area contributed by atoms with Gasteiger partial charge in [-0.05, 0) is 23.3 Å². The third kappa shape index (κ3) is 4.11. The van der Waals surface area contributed by atoms with Crippen molar-refractivity contribution in [3.63, 3.8) is 0 Å². The van der Waals surface area contributed by atoms with Crippen LogP contribution in [0.1, 0.15) is 13.8 Å². The van der Waals surface area contributed by atoms with Gasteiger partial charge in [-0.15, -0.1) is 11.8 Å². The minimum absolute atomic E-state index is 0.245. The molecule has 0 aliphatic rings. The van der Waals surface area contributed by atoms with Gasteiger partial charge in [-0.25, -0.2) is 4.98 Å². The number of hydrogen-bond donors (Lipinski definition) is 1. The first kappa shape index (κ1) is 12.2. The zero-order chi connectivity index (χ0) is 10.6. The van der Waals surface area contributed by atoms with Crippen LogP contribution in [0.5, 0.6) is 0 Å². The maximum absolute atomic E-state index is 5.75. The maximum atomic E-state index is 5.75. The average Bonchev–Trinajstić information content (AvgIpc) is 2.17. The standard InChI is InChI=1S/C10H14ClNS2/c1-10(2,6-13)7-14-9-4-3-8(11)5-12-9/h3-5,13H,6-7H2,1-2H3. The highest BCUT2D eigenvalue weighted by Crippen LogP contribution is 2.27. The Morgan fingerprint density at radius 1 is 1.50 bits per heavy atom. The summed E-state index contributed by atoms with van der Waals surface area (Å²) in [6.45, 7) is 4.39. The molecule has 0 atom stereocenters. The zero-order valence-electron chi connectivity index (χ0n) is 8.33. The highest BCUT2D eigenvalue weighted by atomic mass is 35.5. The molecule has 1 aromatic rings. The van der Waals surface area contributed by atoms with Crippen molar-refractivity contribution in [1.29, 1.82) is 0 Å². The van der Waals surface area contributed by atoms with Gasteiger partial charge in [-0.1, -0.05) is 25.4 Å². The first-order valence-corrected chi connectivity index (χ1v) is 6.38. The number of halogens is 1. The lowest BCUT2D eigenvalue weighted by atomic mass is 10.0. The van der Waals surface area contributed by atoms with Crippen molar-refractivity contribution in [3.8, 4) is 0 Å². The predicted octanol–water partition coefficient (Wildman–Crippen LogP) is 3.78. The molecule has 1 aromatic heterocycles. The van der Waals surface area contributed by atoms with E-state index in [2.05, 4.69) is 31.5 Å². The van der Waals surface area contributed by atoms with E-state index >= 15 is 0 Å². The molecule has 0 radical (unpaired) electrons. The summed E-state index contributed by atoms with van der Waals surface area (Å²) in [5.41, 5.74) is 0.245. The molecule has 0 saturated heterocycles. The molecule has 0 aliphatic heterocycles. The number of pyridine rings is 1. The molecule has 0 spiro atoms. The average molecular weight is 248 g/mol. The molecular weight excluding hydrogens is 234 g/mol. The molecular formula is C10H14ClNS2. The summed E-state index contributed by atoms with van der Waals surface area (Å²) in [6.07, 6.45) is 1.68. The fourth-order valence-corrected chi connectivity index (χ4v) is 2.07. The third-order valence-corrected chi connectivity index (χ3v) is 4.28.